The Morgan fingerprint density at radius 2 is 1.95 bits per heavy atom. The molecule has 1 aromatic heterocycles. The Kier molecular flexibility index (Phi) is 4.27. The van der Waals surface area contributed by atoms with Crippen molar-refractivity contribution in [1.29, 1.82) is 0 Å². The Morgan fingerprint density at radius 1 is 1.21 bits per heavy atom. The minimum atomic E-state index is 0.331. The molecule has 2 aromatic rings. The summed E-state index contributed by atoms with van der Waals surface area (Å²) in [5.74, 6) is 7.17. The molecule has 0 radical (unpaired) electrons. The Balaban J connectivity index is 2.29. The van der Waals surface area contributed by atoms with Crippen LogP contribution in [0.25, 0.3) is 0 Å². The number of para-hydroxylation sites is 1. The highest BCUT2D eigenvalue weighted by atomic mass is 16.5. The Hall–Kier alpha value is -2.18. The van der Waals surface area contributed by atoms with E-state index < -0.39 is 0 Å². The van der Waals surface area contributed by atoms with Gasteiger partial charge in [-0.2, -0.15) is 0 Å². The topological polar surface area (TPSA) is 85.1 Å². The van der Waals surface area contributed by atoms with E-state index >= 15 is 0 Å². The zero-order chi connectivity index (χ0) is 13.7. The smallest absolute Gasteiger partial charge is 0.158 e. The van der Waals surface area contributed by atoms with Crippen LogP contribution in [-0.4, -0.2) is 17.1 Å². The van der Waals surface area contributed by atoms with Gasteiger partial charge in [-0.25, -0.2) is 15.8 Å². The molecule has 0 unspecified atom stereocenters. The van der Waals surface area contributed by atoms with Gasteiger partial charge in [-0.3, -0.25) is 0 Å². The number of nitrogen functional groups attached to an aromatic ring is 1. The Morgan fingerprint density at radius 3 is 2.63 bits per heavy atom. The van der Waals surface area contributed by atoms with E-state index in [1.54, 1.807) is 13.2 Å². The second kappa shape index (κ2) is 6.12. The third-order valence-electron chi connectivity index (χ3n) is 2.60. The van der Waals surface area contributed by atoms with Gasteiger partial charge in [0.1, 0.15) is 18.2 Å². The molecule has 0 spiro atoms. The van der Waals surface area contributed by atoms with Crippen LogP contribution in [0.1, 0.15) is 11.4 Å². The molecule has 0 aliphatic rings. The van der Waals surface area contributed by atoms with Gasteiger partial charge in [0.05, 0.1) is 0 Å². The van der Waals surface area contributed by atoms with E-state index in [-0.39, 0.29) is 0 Å². The largest absolute Gasteiger partial charge is 0.377 e. The minimum Gasteiger partial charge on any atom is -0.377 e. The lowest BCUT2D eigenvalue weighted by Gasteiger charge is -2.11. The molecule has 0 aliphatic carbocycles. The van der Waals surface area contributed by atoms with E-state index in [4.69, 9.17) is 10.6 Å². The summed E-state index contributed by atoms with van der Waals surface area (Å²) in [6.45, 7) is 2.36. The summed E-state index contributed by atoms with van der Waals surface area (Å²) in [6, 6.07) is 9.72. The average Bonchev–Trinajstić information content (AvgIpc) is 2.41. The monoisotopic (exact) mass is 259 g/mol. The minimum absolute atomic E-state index is 0.331. The highest BCUT2D eigenvalue weighted by molar-refractivity contribution is 5.62. The summed E-state index contributed by atoms with van der Waals surface area (Å²) in [5.41, 5.74) is 4.65. The van der Waals surface area contributed by atoms with Crippen LogP contribution in [-0.2, 0) is 11.3 Å². The number of ether oxygens (including phenoxy) is 1. The van der Waals surface area contributed by atoms with Crippen molar-refractivity contribution in [3.05, 3.63) is 41.7 Å². The molecule has 0 amide bonds. The molecule has 0 saturated carbocycles. The maximum atomic E-state index is 5.40. The molecule has 4 N–H and O–H groups in total. The zero-order valence-electron chi connectivity index (χ0n) is 11.0. The second-order valence-electron chi connectivity index (χ2n) is 4.07. The summed E-state index contributed by atoms with van der Waals surface area (Å²) >= 11 is 0. The van der Waals surface area contributed by atoms with E-state index in [0.717, 1.165) is 11.3 Å². The molecule has 100 valence electrons. The van der Waals surface area contributed by atoms with Crippen molar-refractivity contribution < 1.29 is 4.74 Å². The number of nitrogens with two attached hydrogens (primary N) is 1. The van der Waals surface area contributed by atoms with Crippen LogP contribution in [0.5, 0.6) is 0 Å². The first-order valence-corrected chi connectivity index (χ1v) is 5.89. The van der Waals surface area contributed by atoms with Crippen molar-refractivity contribution in [1.82, 2.24) is 9.97 Å². The lowest BCUT2D eigenvalue weighted by molar-refractivity contribution is 0.178. The number of methoxy groups -OCH3 is 1. The first-order valence-electron chi connectivity index (χ1n) is 5.89. The fourth-order valence-corrected chi connectivity index (χ4v) is 1.68. The fourth-order valence-electron chi connectivity index (χ4n) is 1.68. The molecule has 19 heavy (non-hydrogen) atoms. The van der Waals surface area contributed by atoms with Crippen LogP contribution < -0.4 is 16.6 Å². The SMILES string of the molecule is COCc1nc(NN)cc(Nc2ccccc2C)n1. The van der Waals surface area contributed by atoms with Gasteiger partial charge in [-0.15, -0.1) is 0 Å². The number of hydrazine groups is 1. The van der Waals surface area contributed by atoms with Crippen molar-refractivity contribution in [2.75, 3.05) is 17.9 Å². The van der Waals surface area contributed by atoms with E-state index in [2.05, 4.69) is 20.7 Å². The Labute approximate surface area is 112 Å². The van der Waals surface area contributed by atoms with E-state index in [9.17, 15) is 0 Å². The van der Waals surface area contributed by atoms with Crippen molar-refractivity contribution >= 4 is 17.3 Å². The quantitative estimate of drug-likeness (QED) is 0.562. The molecule has 0 fully saturated rings. The highest BCUT2D eigenvalue weighted by Crippen LogP contribution is 2.20. The van der Waals surface area contributed by atoms with Gasteiger partial charge < -0.3 is 15.5 Å². The number of hydrogen-bond donors (Lipinski definition) is 3. The standard InChI is InChI=1S/C13H17N5O/c1-9-5-3-4-6-10(9)15-11-7-12(18-14)17-13(16-11)8-19-2/h3-7H,8,14H2,1-2H3,(H2,15,16,17,18). The zero-order valence-corrected chi connectivity index (χ0v) is 11.0. The molecular weight excluding hydrogens is 242 g/mol. The number of hydrogen-bond acceptors (Lipinski definition) is 6. The van der Waals surface area contributed by atoms with Crippen molar-refractivity contribution in [3.8, 4) is 0 Å². The van der Waals surface area contributed by atoms with Gasteiger partial charge in [0, 0.05) is 18.9 Å². The fraction of sp³-hybridized carbons (Fsp3) is 0.231. The normalized spacial score (nSPS) is 10.3. The number of aryl methyl sites for hydroxylation is 1. The number of nitrogens with one attached hydrogen (secondary N) is 2. The lowest BCUT2D eigenvalue weighted by Crippen LogP contribution is -2.12. The lowest BCUT2D eigenvalue weighted by atomic mass is 10.2. The van der Waals surface area contributed by atoms with Crippen molar-refractivity contribution in [3.63, 3.8) is 0 Å². The van der Waals surface area contributed by atoms with Crippen LogP contribution >= 0.6 is 0 Å². The molecule has 0 atom stereocenters. The van der Waals surface area contributed by atoms with Gasteiger partial charge in [-0.05, 0) is 18.6 Å². The van der Waals surface area contributed by atoms with Gasteiger partial charge in [-0.1, -0.05) is 18.2 Å². The van der Waals surface area contributed by atoms with Crippen molar-refractivity contribution in [2.24, 2.45) is 5.84 Å². The van der Waals surface area contributed by atoms with Crippen LogP contribution in [0.15, 0.2) is 30.3 Å². The average molecular weight is 259 g/mol. The molecule has 0 saturated heterocycles. The van der Waals surface area contributed by atoms with Crippen LogP contribution in [0.3, 0.4) is 0 Å². The molecule has 6 heteroatoms. The number of rotatable bonds is 5. The molecule has 1 heterocycles. The number of anilines is 3. The van der Waals surface area contributed by atoms with Gasteiger partial charge in [0.2, 0.25) is 0 Å². The molecule has 0 bridgehead atoms. The van der Waals surface area contributed by atoms with Crippen molar-refractivity contribution in [2.45, 2.75) is 13.5 Å². The molecule has 6 nitrogen and oxygen atoms in total. The predicted molar refractivity (Wildman–Crippen MR) is 75.0 cm³/mol. The van der Waals surface area contributed by atoms with E-state index in [1.165, 1.54) is 0 Å². The number of nitrogens with zero attached hydrogens (tertiary/aromatic N) is 2. The summed E-state index contributed by atoms with van der Waals surface area (Å²) in [5, 5.41) is 3.24. The van der Waals surface area contributed by atoms with Gasteiger partial charge >= 0.3 is 0 Å². The van der Waals surface area contributed by atoms with Crippen LogP contribution in [0.4, 0.5) is 17.3 Å². The van der Waals surface area contributed by atoms with Crippen LogP contribution in [0.2, 0.25) is 0 Å². The van der Waals surface area contributed by atoms with E-state index in [0.29, 0.717) is 24.1 Å². The first-order chi connectivity index (χ1) is 9.22. The summed E-state index contributed by atoms with van der Waals surface area (Å²) in [7, 11) is 1.60. The third-order valence-corrected chi connectivity index (χ3v) is 2.60. The van der Waals surface area contributed by atoms with E-state index in [1.807, 2.05) is 31.2 Å². The number of benzene rings is 1. The van der Waals surface area contributed by atoms with Gasteiger partial charge in [0.15, 0.2) is 5.82 Å². The molecular formula is C13H17N5O. The first kappa shape index (κ1) is 13.3. The van der Waals surface area contributed by atoms with Gasteiger partial charge in [0.25, 0.3) is 0 Å². The van der Waals surface area contributed by atoms with Crippen LogP contribution in [0, 0.1) is 6.92 Å². The summed E-state index contributed by atoms with van der Waals surface area (Å²) in [6.07, 6.45) is 0. The molecule has 1 aromatic carbocycles. The molecule has 2 rings (SSSR count). The second-order valence-corrected chi connectivity index (χ2v) is 4.07. The Bertz CT molecular complexity index is 558. The predicted octanol–water partition coefficient (Wildman–Crippen LogP) is 1.96. The maximum absolute atomic E-state index is 5.40. The molecule has 0 aliphatic heterocycles. The summed E-state index contributed by atoms with van der Waals surface area (Å²) < 4.78 is 5.03. The third kappa shape index (κ3) is 3.40. The number of aromatic nitrogens is 2. The maximum Gasteiger partial charge on any atom is 0.158 e. The highest BCUT2D eigenvalue weighted by Gasteiger charge is 2.05. The summed E-state index contributed by atoms with van der Waals surface area (Å²) in [4.78, 5) is 8.56.